The van der Waals surface area contributed by atoms with Gasteiger partial charge in [0.25, 0.3) is 0 Å². The normalized spacial score (nSPS) is 19.7. The van der Waals surface area contributed by atoms with Crippen LogP contribution in [0.5, 0.6) is 0 Å². The molecule has 0 saturated carbocycles. The third kappa shape index (κ3) is 4.45. The average Bonchev–Trinajstić information content (AvgIpc) is 2.58. The number of likely N-dealkylation sites (N-methyl/N-ethyl adjacent to an activating group) is 1. The van der Waals surface area contributed by atoms with Crippen molar-refractivity contribution in [2.75, 3.05) is 20.2 Å². The van der Waals surface area contributed by atoms with E-state index in [1.807, 2.05) is 42.3 Å². The van der Waals surface area contributed by atoms with Crippen LogP contribution in [-0.4, -0.2) is 48.4 Å². The summed E-state index contributed by atoms with van der Waals surface area (Å²) in [7, 11) is 1.88. The Kier molecular flexibility index (Phi) is 6.68. The zero-order chi connectivity index (χ0) is 15.8. The highest BCUT2D eigenvalue weighted by Crippen LogP contribution is 2.22. The molecule has 5 nitrogen and oxygen atoms in total. The molecule has 0 spiro atoms. The molecule has 2 rings (SSSR count). The summed E-state index contributed by atoms with van der Waals surface area (Å²) in [5.74, 6) is 0. The maximum atomic E-state index is 12.4. The fraction of sp³-hybridized carbons (Fsp3) is 0.588. The van der Waals surface area contributed by atoms with Gasteiger partial charge in [-0.05, 0) is 38.3 Å². The van der Waals surface area contributed by atoms with Gasteiger partial charge in [0, 0.05) is 19.2 Å². The van der Waals surface area contributed by atoms with Crippen molar-refractivity contribution in [2.45, 2.75) is 44.4 Å². The molecule has 0 radical (unpaired) electrons. The van der Waals surface area contributed by atoms with E-state index in [4.69, 9.17) is 4.74 Å². The number of nitrogens with one attached hydrogen (secondary N) is 1. The van der Waals surface area contributed by atoms with E-state index in [0.29, 0.717) is 13.0 Å². The van der Waals surface area contributed by atoms with Crippen molar-refractivity contribution in [3.8, 4) is 0 Å². The molecule has 1 heterocycles. The molecular weight excluding hydrogens is 280 g/mol. The molecule has 5 heteroatoms. The van der Waals surface area contributed by atoms with E-state index >= 15 is 0 Å². The number of hydrogen-bond acceptors (Lipinski definition) is 4. The number of hydrogen-bond donors (Lipinski definition) is 2. The number of aliphatic hydroxyl groups is 1. The molecule has 1 aromatic carbocycles. The molecule has 1 saturated heterocycles. The Morgan fingerprint density at radius 2 is 2.18 bits per heavy atom. The summed E-state index contributed by atoms with van der Waals surface area (Å²) in [5.41, 5.74) is 0.991. The van der Waals surface area contributed by atoms with Gasteiger partial charge in [0.2, 0.25) is 0 Å². The lowest BCUT2D eigenvalue weighted by Crippen LogP contribution is -2.54. The van der Waals surface area contributed by atoms with E-state index in [9.17, 15) is 9.90 Å². The molecular formula is C17H26N2O3. The molecule has 1 aliphatic rings. The van der Waals surface area contributed by atoms with Crippen LogP contribution < -0.4 is 5.32 Å². The Balaban J connectivity index is 1.95. The maximum absolute atomic E-state index is 12.4. The lowest BCUT2D eigenvalue weighted by Gasteiger charge is -2.39. The number of amides is 1. The van der Waals surface area contributed by atoms with Crippen molar-refractivity contribution < 1.29 is 14.6 Å². The number of carbonyl (C=O) groups excluding carboxylic acids is 1. The van der Waals surface area contributed by atoms with Crippen molar-refractivity contribution in [3.05, 3.63) is 35.9 Å². The van der Waals surface area contributed by atoms with Crippen molar-refractivity contribution >= 4 is 6.09 Å². The standard InChI is InChI=1S/C17H26N2O3/c1-18-15(10-12-20)16-9-5-6-11-19(16)17(21)22-13-14-7-3-2-4-8-14/h2-4,7-8,15-16,18,20H,5-6,9-13H2,1H3/t15-,16+/m0/s1. The minimum absolute atomic E-state index is 0.0918. The summed E-state index contributed by atoms with van der Waals surface area (Å²) < 4.78 is 5.47. The quantitative estimate of drug-likeness (QED) is 0.845. The Morgan fingerprint density at radius 3 is 2.86 bits per heavy atom. The van der Waals surface area contributed by atoms with Crippen LogP contribution in [0.2, 0.25) is 0 Å². The van der Waals surface area contributed by atoms with Gasteiger partial charge in [-0.25, -0.2) is 4.79 Å². The van der Waals surface area contributed by atoms with Crippen molar-refractivity contribution in [3.63, 3.8) is 0 Å². The van der Waals surface area contributed by atoms with E-state index in [-0.39, 0.29) is 24.8 Å². The highest BCUT2D eigenvalue weighted by molar-refractivity contribution is 5.68. The fourth-order valence-electron chi connectivity index (χ4n) is 3.07. The molecule has 0 aliphatic carbocycles. The average molecular weight is 306 g/mol. The van der Waals surface area contributed by atoms with Gasteiger partial charge in [-0.1, -0.05) is 30.3 Å². The molecule has 122 valence electrons. The summed E-state index contributed by atoms with van der Waals surface area (Å²) in [6, 6.07) is 9.91. The van der Waals surface area contributed by atoms with Gasteiger partial charge in [0.15, 0.2) is 0 Å². The maximum Gasteiger partial charge on any atom is 0.410 e. The van der Waals surface area contributed by atoms with Gasteiger partial charge in [0.05, 0.1) is 6.04 Å². The molecule has 1 amide bonds. The van der Waals surface area contributed by atoms with Gasteiger partial charge < -0.3 is 20.1 Å². The number of benzene rings is 1. The minimum Gasteiger partial charge on any atom is -0.445 e. The van der Waals surface area contributed by atoms with Gasteiger partial charge in [-0.15, -0.1) is 0 Å². The molecule has 0 aromatic heterocycles. The summed E-state index contributed by atoms with van der Waals surface area (Å²) in [6.07, 6.45) is 3.45. The number of nitrogens with zero attached hydrogens (tertiary/aromatic N) is 1. The number of ether oxygens (including phenoxy) is 1. The van der Waals surface area contributed by atoms with E-state index in [1.165, 1.54) is 0 Å². The van der Waals surface area contributed by atoms with E-state index in [2.05, 4.69) is 5.32 Å². The predicted molar refractivity (Wildman–Crippen MR) is 85.5 cm³/mol. The molecule has 0 unspecified atom stereocenters. The van der Waals surface area contributed by atoms with Gasteiger partial charge in [-0.3, -0.25) is 0 Å². The van der Waals surface area contributed by atoms with Crippen LogP contribution in [0.1, 0.15) is 31.2 Å². The van der Waals surface area contributed by atoms with Crippen molar-refractivity contribution in [2.24, 2.45) is 0 Å². The number of aliphatic hydroxyl groups excluding tert-OH is 1. The van der Waals surface area contributed by atoms with Gasteiger partial charge in [-0.2, -0.15) is 0 Å². The topological polar surface area (TPSA) is 61.8 Å². The van der Waals surface area contributed by atoms with Gasteiger partial charge >= 0.3 is 6.09 Å². The van der Waals surface area contributed by atoms with Gasteiger partial charge in [0.1, 0.15) is 6.61 Å². The molecule has 2 N–H and O–H groups in total. The molecule has 1 aliphatic heterocycles. The Bertz CT molecular complexity index is 452. The fourth-order valence-corrected chi connectivity index (χ4v) is 3.07. The minimum atomic E-state index is -0.258. The summed E-state index contributed by atoms with van der Waals surface area (Å²) >= 11 is 0. The molecule has 1 fully saturated rings. The Hall–Kier alpha value is -1.59. The molecule has 2 atom stereocenters. The lowest BCUT2D eigenvalue weighted by atomic mass is 9.94. The Morgan fingerprint density at radius 1 is 1.41 bits per heavy atom. The summed E-state index contributed by atoms with van der Waals surface area (Å²) in [4.78, 5) is 14.2. The first-order valence-corrected chi connectivity index (χ1v) is 8.01. The number of likely N-dealkylation sites (tertiary alicyclic amines) is 1. The van der Waals surface area contributed by atoms with Crippen LogP contribution in [0.4, 0.5) is 4.79 Å². The number of rotatable bonds is 6. The zero-order valence-electron chi connectivity index (χ0n) is 13.2. The van der Waals surface area contributed by atoms with Crippen molar-refractivity contribution in [1.29, 1.82) is 0 Å². The first kappa shape index (κ1) is 16.8. The third-order valence-electron chi connectivity index (χ3n) is 4.26. The van der Waals surface area contributed by atoms with E-state index in [0.717, 1.165) is 31.4 Å². The molecule has 22 heavy (non-hydrogen) atoms. The zero-order valence-corrected chi connectivity index (χ0v) is 13.2. The second kappa shape index (κ2) is 8.76. The predicted octanol–water partition coefficient (Wildman–Crippen LogP) is 2.15. The molecule has 1 aromatic rings. The van der Waals surface area contributed by atoms with Crippen LogP contribution in [0.15, 0.2) is 30.3 Å². The summed E-state index contributed by atoms with van der Waals surface area (Å²) in [5, 5.41) is 12.4. The largest absolute Gasteiger partial charge is 0.445 e. The lowest BCUT2D eigenvalue weighted by molar-refractivity contribution is 0.0550. The molecule has 0 bridgehead atoms. The van der Waals surface area contributed by atoms with Crippen LogP contribution in [-0.2, 0) is 11.3 Å². The summed E-state index contributed by atoms with van der Waals surface area (Å²) in [6.45, 7) is 1.14. The number of carbonyl (C=O) groups is 1. The second-order valence-electron chi connectivity index (χ2n) is 5.70. The van der Waals surface area contributed by atoms with E-state index in [1.54, 1.807) is 0 Å². The first-order chi connectivity index (χ1) is 10.8. The SMILES string of the molecule is CN[C@@H](CCO)[C@H]1CCCCN1C(=O)OCc1ccccc1. The van der Waals surface area contributed by atoms with Crippen molar-refractivity contribution in [1.82, 2.24) is 10.2 Å². The Labute approximate surface area is 132 Å². The van der Waals surface area contributed by atoms with Crippen LogP contribution >= 0.6 is 0 Å². The highest BCUT2D eigenvalue weighted by atomic mass is 16.6. The van der Waals surface area contributed by atoms with Crippen LogP contribution in [0, 0.1) is 0 Å². The van der Waals surface area contributed by atoms with Crippen LogP contribution in [0.3, 0.4) is 0 Å². The monoisotopic (exact) mass is 306 g/mol. The first-order valence-electron chi connectivity index (χ1n) is 8.01. The van der Waals surface area contributed by atoms with E-state index < -0.39 is 0 Å². The number of piperidine rings is 1. The highest BCUT2D eigenvalue weighted by Gasteiger charge is 2.32. The van der Waals surface area contributed by atoms with Crippen LogP contribution in [0.25, 0.3) is 0 Å². The second-order valence-corrected chi connectivity index (χ2v) is 5.70. The third-order valence-corrected chi connectivity index (χ3v) is 4.26. The smallest absolute Gasteiger partial charge is 0.410 e.